The maximum absolute atomic E-state index is 12.3. The van der Waals surface area contributed by atoms with Crippen molar-refractivity contribution in [2.45, 2.75) is 44.9 Å². The number of carboxylic acids is 1. The summed E-state index contributed by atoms with van der Waals surface area (Å²) in [6.07, 6.45) is 5.10. The number of hydrogen-bond acceptors (Lipinski definition) is 9. The van der Waals surface area contributed by atoms with E-state index in [-0.39, 0.29) is 19.4 Å². The highest BCUT2D eigenvalue weighted by Crippen LogP contribution is 2.15. The van der Waals surface area contributed by atoms with Gasteiger partial charge in [-0.1, -0.05) is 18.6 Å². The van der Waals surface area contributed by atoms with Crippen molar-refractivity contribution in [2.75, 3.05) is 65.4 Å². The molecule has 2 fully saturated rings. The van der Waals surface area contributed by atoms with Gasteiger partial charge < -0.3 is 25.5 Å². The number of rotatable bonds is 12. The zero-order valence-electron chi connectivity index (χ0n) is 22.2. The third-order valence-electron chi connectivity index (χ3n) is 7.03. The van der Waals surface area contributed by atoms with Gasteiger partial charge in [-0.05, 0) is 56.5 Å². The van der Waals surface area contributed by atoms with Gasteiger partial charge in [0.05, 0.1) is 12.1 Å². The van der Waals surface area contributed by atoms with E-state index in [0.29, 0.717) is 17.2 Å². The van der Waals surface area contributed by atoms with Gasteiger partial charge in [0.1, 0.15) is 0 Å². The second-order valence-electron chi connectivity index (χ2n) is 9.96. The first-order valence-electron chi connectivity index (χ1n) is 13.6. The molecule has 0 spiro atoms. The first-order chi connectivity index (χ1) is 18.4. The number of amides is 2. The molecule has 0 aliphatic carbocycles. The number of carboxylic acid groups (broad SMARTS) is 1. The highest BCUT2D eigenvalue weighted by molar-refractivity contribution is 6.02. The molecular formula is C27H41N5O6. The average Bonchev–Trinajstić information content (AvgIpc) is 3.21. The molecule has 0 bridgehead atoms. The van der Waals surface area contributed by atoms with Crippen LogP contribution in [-0.2, 0) is 25.6 Å². The van der Waals surface area contributed by atoms with Gasteiger partial charge in [-0.25, -0.2) is 4.79 Å². The normalized spacial score (nSPS) is 18.6. The van der Waals surface area contributed by atoms with Crippen LogP contribution in [0.3, 0.4) is 0 Å². The van der Waals surface area contributed by atoms with Crippen molar-refractivity contribution in [3.8, 4) is 0 Å². The molecule has 2 amide bonds. The lowest BCUT2D eigenvalue weighted by molar-refractivity contribution is -0.172. The smallest absolute Gasteiger partial charge is 0.363 e. The van der Waals surface area contributed by atoms with Crippen molar-refractivity contribution < 1.29 is 29.1 Å². The van der Waals surface area contributed by atoms with Crippen LogP contribution in [0.4, 0.5) is 0 Å². The molecule has 0 aromatic heterocycles. The number of nitrogens with two attached hydrogens (primary N) is 1. The second kappa shape index (κ2) is 15.5. The van der Waals surface area contributed by atoms with E-state index in [9.17, 15) is 24.3 Å². The molecule has 1 aromatic carbocycles. The Labute approximate surface area is 224 Å². The molecule has 0 atom stereocenters. The molecule has 0 radical (unpaired) electrons. The average molecular weight is 532 g/mol. The number of imide groups is 1. The summed E-state index contributed by atoms with van der Waals surface area (Å²) in [5.41, 5.74) is 7.19. The number of aryl methyl sites for hydroxylation is 1. The van der Waals surface area contributed by atoms with Gasteiger partial charge >= 0.3 is 11.9 Å². The molecule has 0 unspecified atom stereocenters. The Hall–Kier alpha value is -2.86. The summed E-state index contributed by atoms with van der Waals surface area (Å²) >= 11 is 0. The lowest BCUT2D eigenvalue weighted by Gasteiger charge is -2.32. The van der Waals surface area contributed by atoms with Crippen LogP contribution in [0.25, 0.3) is 0 Å². The SMILES string of the molecule is NCCN1CCCN(CC(=O)O)CCN(CCCCCc2ccc(C(=O)ON3C(=O)CCC3=O)cc2)CC1. The lowest BCUT2D eigenvalue weighted by Crippen LogP contribution is -2.45. The number of aliphatic carboxylic acids is 1. The van der Waals surface area contributed by atoms with Gasteiger partial charge in [-0.15, -0.1) is 5.06 Å². The Morgan fingerprint density at radius 3 is 2.05 bits per heavy atom. The summed E-state index contributed by atoms with van der Waals surface area (Å²) in [4.78, 5) is 58.5. The molecule has 210 valence electrons. The maximum atomic E-state index is 12.3. The minimum absolute atomic E-state index is 0.0682. The van der Waals surface area contributed by atoms with Crippen LogP contribution in [0.15, 0.2) is 24.3 Å². The van der Waals surface area contributed by atoms with Crippen molar-refractivity contribution in [1.29, 1.82) is 0 Å². The van der Waals surface area contributed by atoms with Crippen molar-refractivity contribution in [1.82, 2.24) is 19.8 Å². The summed E-state index contributed by atoms with van der Waals surface area (Å²) in [6, 6.07) is 7.06. The Morgan fingerprint density at radius 2 is 1.42 bits per heavy atom. The van der Waals surface area contributed by atoms with Gasteiger partial charge in [0.25, 0.3) is 11.8 Å². The van der Waals surface area contributed by atoms with Gasteiger partial charge in [0.15, 0.2) is 0 Å². The predicted octanol–water partition coefficient (Wildman–Crippen LogP) is 0.973. The van der Waals surface area contributed by atoms with Crippen LogP contribution in [-0.4, -0.2) is 114 Å². The number of carbonyl (C=O) groups is 4. The third kappa shape index (κ3) is 9.79. The molecule has 2 saturated heterocycles. The molecule has 1 aromatic rings. The number of benzene rings is 1. The molecule has 2 aliphatic heterocycles. The van der Waals surface area contributed by atoms with Crippen LogP contribution < -0.4 is 5.73 Å². The first kappa shape index (κ1) is 29.7. The monoisotopic (exact) mass is 531 g/mol. The Morgan fingerprint density at radius 1 is 0.816 bits per heavy atom. The summed E-state index contributed by atoms with van der Waals surface area (Å²) in [7, 11) is 0. The molecule has 0 saturated carbocycles. The molecule has 3 N–H and O–H groups in total. The van der Waals surface area contributed by atoms with E-state index in [0.717, 1.165) is 90.0 Å². The Kier molecular flexibility index (Phi) is 12.1. The van der Waals surface area contributed by atoms with E-state index < -0.39 is 23.8 Å². The zero-order valence-corrected chi connectivity index (χ0v) is 22.2. The molecular weight excluding hydrogens is 490 g/mol. The zero-order chi connectivity index (χ0) is 27.3. The molecule has 3 rings (SSSR count). The highest BCUT2D eigenvalue weighted by Gasteiger charge is 2.33. The standard InChI is InChI=1S/C27H41N5O6/c28-12-16-29-14-4-15-31(21-26(35)36)20-19-30(18-17-29)13-3-1-2-5-22-6-8-23(9-7-22)27(37)38-32-24(33)10-11-25(32)34/h6-9H,1-5,10-21,28H2,(H,35,36). The van der Waals surface area contributed by atoms with Gasteiger partial charge in [0, 0.05) is 58.7 Å². The van der Waals surface area contributed by atoms with Gasteiger partial charge in [-0.2, -0.15) is 0 Å². The fourth-order valence-electron chi connectivity index (χ4n) is 4.84. The van der Waals surface area contributed by atoms with E-state index in [1.807, 2.05) is 17.0 Å². The Bertz CT molecular complexity index is 924. The minimum atomic E-state index is -0.783. The lowest BCUT2D eigenvalue weighted by atomic mass is 10.1. The molecule has 38 heavy (non-hydrogen) atoms. The van der Waals surface area contributed by atoms with E-state index in [1.54, 1.807) is 12.1 Å². The predicted molar refractivity (Wildman–Crippen MR) is 141 cm³/mol. The third-order valence-corrected chi connectivity index (χ3v) is 7.03. The highest BCUT2D eigenvalue weighted by atomic mass is 16.7. The topological polar surface area (TPSA) is 137 Å². The van der Waals surface area contributed by atoms with Crippen molar-refractivity contribution in [2.24, 2.45) is 5.73 Å². The van der Waals surface area contributed by atoms with Crippen molar-refractivity contribution in [3.05, 3.63) is 35.4 Å². The number of carbonyl (C=O) groups excluding carboxylic acids is 3. The molecule has 2 aliphatic rings. The maximum Gasteiger partial charge on any atom is 0.363 e. The Balaban J connectivity index is 1.40. The summed E-state index contributed by atoms with van der Waals surface area (Å²) in [6.45, 7) is 7.80. The summed E-state index contributed by atoms with van der Waals surface area (Å²) < 4.78 is 0. The van der Waals surface area contributed by atoms with E-state index >= 15 is 0 Å². The first-order valence-corrected chi connectivity index (χ1v) is 13.6. The van der Waals surface area contributed by atoms with Gasteiger partial charge in [0.2, 0.25) is 0 Å². The summed E-state index contributed by atoms with van der Waals surface area (Å²) in [5.74, 6) is -2.49. The van der Waals surface area contributed by atoms with Crippen LogP contribution >= 0.6 is 0 Å². The fourth-order valence-corrected chi connectivity index (χ4v) is 4.84. The number of unbranched alkanes of at least 4 members (excludes halogenated alkanes) is 2. The van der Waals surface area contributed by atoms with E-state index in [2.05, 4.69) is 9.80 Å². The number of hydrogen-bond donors (Lipinski definition) is 2. The van der Waals surface area contributed by atoms with Crippen LogP contribution in [0, 0.1) is 0 Å². The molecule has 11 heteroatoms. The van der Waals surface area contributed by atoms with E-state index in [1.165, 1.54) is 0 Å². The van der Waals surface area contributed by atoms with Crippen LogP contribution in [0.2, 0.25) is 0 Å². The molecule has 2 heterocycles. The number of hydroxylamine groups is 2. The van der Waals surface area contributed by atoms with Crippen LogP contribution in [0.1, 0.15) is 54.4 Å². The van der Waals surface area contributed by atoms with Crippen molar-refractivity contribution in [3.63, 3.8) is 0 Å². The fraction of sp³-hybridized carbons (Fsp3) is 0.630. The number of nitrogens with zero attached hydrogens (tertiary/aromatic N) is 4. The van der Waals surface area contributed by atoms with Crippen molar-refractivity contribution >= 4 is 23.8 Å². The quantitative estimate of drug-likeness (QED) is 0.297. The molecule has 11 nitrogen and oxygen atoms in total. The van der Waals surface area contributed by atoms with Gasteiger partial charge in [-0.3, -0.25) is 19.3 Å². The second-order valence-corrected chi connectivity index (χ2v) is 9.96. The largest absolute Gasteiger partial charge is 0.480 e. The van der Waals surface area contributed by atoms with E-state index in [4.69, 9.17) is 10.6 Å². The van der Waals surface area contributed by atoms with Crippen LogP contribution in [0.5, 0.6) is 0 Å². The summed E-state index contributed by atoms with van der Waals surface area (Å²) in [5, 5.41) is 9.80. The minimum Gasteiger partial charge on any atom is -0.480 e.